The molecule has 22 heavy (non-hydrogen) atoms. The van der Waals surface area contributed by atoms with Crippen LogP contribution in [0.1, 0.15) is 64.9 Å². The third-order valence-corrected chi connectivity index (χ3v) is 4.26. The number of carbonyl (C=O) groups excluding carboxylic acids is 1. The molecule has 1 amide bonds. The van der Waals surface area contributed by atoms with Crippen LogP contribution >= 0.6 is 0 Å². The third-order valence-electron chi connectivity index (χ3n) is 4.26. The first kappa shape index (κ1) is 16.9. The Bertz CT molecular complexity index is 467. The van der Waals surface area contributed by atoms with E-state index < -0.39 is 0 Å². The molecule has 0 atom stereocenters. The Morgan fingerprint density at radius 3 is 2.41 bits per heavy atom. The summed E-state index contributed by atoms with van der Waals surface area (Å²) in [6.45, 7) is 7.19. The van der Waals surface area contributed by atoms with Crippen molar-refractivity contribution in [3.63, 3.8) is 0 Å². The molecule has 122 valence electrons. The van der Waals surface area contributed by atoms with E-state index in [-0.39, 0.29) is 11.3 Å². The van der Waals surface area contributed by atoms with Crippen molar-refractivity contribution >= 4 is 5.91 Å². The molecule has 0 saturated heterocycles. The molecule has 3 nitrogen and oxygen atoms in total. The Labute approximate surface area is 134 Å². The molecule has 1 aliphatic rings. The molecule has 1 N–H and O–H groups in total. The summed E-state index contributed by atoms with van der Waals surface area (Å²) in [4.78, 5) is 11.8. The van der Waals surface area contributed by atoms with Crippen molar-refractivity contribution in [1.29, 1.82) is 0 Å². The van der Waals surface area contributed by atoms with Crippen molar-refractivity contribution in [2.45, 2.75) is 70.8 Å². The number of hydrogen-bond acceptors (Lipinski definition) is 2. The molecule has 1 saturated carbocycles. The van der Waals surface area contributed by atoms with Gasteiger partial charge in [0.1, 0.15) is 5.75 Å². The lowest BCUT2D eigenvalue weighted by molar-refractivity contribution is -0.122. The van der Waals surface area contributed by atoms with Crippen LogP contribution in [0, 0.1) is 0 Å². The summed E-state index contributed by atoms with van der Waals surface area (Å²) in [7, 11) is 0. The number of carbonyl (C=O) groups is 1. The quantitative estimate of drug-likeness (QED) is 0.800. The van der Waals surface area contributed by atoms with Gasteiger partial charge in [0, 0.05) is 12.5 Å². The van der Waals surface area contributed by atoms with Crippen LogP contribution in [-0.2, 0) is 10.2 Å². The van der Waals surface area contributed by atoms with Crippen molar-refractivity contribution in [2.24, 2.45) is 0 Å². The molecule has 0 heterocycles. The second-order valence-electron chi connectivity index (χ2n) is 7.28. The fraction of sp³-hybridized carbons (Fsp3) is 0.632. The first-order chi connectivity index (χ1) is 10.4. The summed E-state index contributed by atoms with van der Waals surface area (Å²) in [6, 6.07) is 8.67. The number of rotatable bonds is 6. The fourth-order valence-electron chi connectivity index (χ4n) is 2.84. The van der Waals surface area contributed by atoms with Crippen molar-refractivity contribution in [1.82, 2.24) is 5.32 Å². The lowest BCUT2D eigenvalue weighted by atomic mass is 9.87. The highest BCUT2D eigenvalue weighted by Gasteiger charge is 2.16. The largest absolute Gasteiger partial charge is 0.494 e. The minimum absolute atomic E-state index is 0.164. The Morgan fingerprint density at radius 2 is 1.82 bits per heavy atom. The van der Waals surface area contributed by atoms with Crippen molar-refractivity contribution < 1.29 is 9.53 Å². The molecule has 1 aromatic rings. The van der Waals surface area contributed by atoms with Gasteiger partial charge in [-0.3, -0.25) is 4.79 Å². The zero-order chi connectivity index (χ0) is 16.0. The standard InChI is InChI=1S/C19H29NO2/c1-19(2,3)15-10-12-17(13-11-15)22-14-6-9-18(21)20-16-7-4-5-8-16/h10-13,16H,4-9,14H2,1-3H3,(H,20,21). The van der Waals surface area contributed by atoms with Gasteiger partial charge in [-0.2, -0.15) is 0 Å². The van der Waals surface area contributed by atoms with Gasteiger partial charge in [0.25, 0.3) is 0 Å². The lowest BCUT2D eigenvalue weighted by Gasteiger charge is -2.19. The van der Waals surface area contributed by atoms with Gasteiger partial charge in [-0.15, -0.1) is 0 Å². The Hall–Kier alpha value is -1.51. The first-order valence-corrected chi connectivity index (χ1v) is 8.48. The normalized spacial score (nSPS) is 15.8. The highest BCUT2D eigenvalue weighted by molar-refractivity contribution is 5.76. The molecule has 2 rings (SSSR count). The summed E-state index contributed by atoms with van der Waals surface area (Å²) in [5.74, 6) is 1.04. The van der Waals surface area contributed by atoms with Crippen LogP contribution in [0.15, 0.2) is 24.3 Å². The maximum Gasteiger partial charge on any atom is 0.220 e. The smallest absolute Gasteiger partial charge is 0.220 e. The van der Waals surface area contributed by atoms with Gasteiger partial charge in [0.15, 0.2) is 0 Å². The highest BCUT2D eigenvalue weighted by atomic mass is 16.5. The van der Waals surface area contributed by atoms with Crippen LogP contribution in [0.2, 0.25) is 0 Å². The summed E-state index contributed by atoms with van der Waals surface area (Å²) in [5.41, 5.74) is 1.47. The molecule has 0 spiro atoms. The maximum atomic E-state index is 11.8. The molecular weight excluding hydrogens is 274 g/mol. The average Bonchev–Trinajstić information content (AvgIpc) is 2.96. The minimum atomic E-state index is 0.164. The van der Waals surface area contributed by atoms with E-state index in [2.05, 4.69) is 38.2 Å². The zero-order valence-corrected chi connectivity index (χ0v) is 14.2. The van der Waals surface area contributed by atoms with E-state index >= 15 is 0 Å². The van der Waals surface area contributed by atoms with E-state index in [0.717, 1.165) is 25.0 Å². The molecule has 1 aliphatic carbocycles. The monoisotopic (exact) mass is 303 g/mol. The van der Waals surface area contributed by atoms with Gasteiger partial charge in [0.2, 0.25) is 5.91 Å². The molecule has 3 heteroatoms. The number of benzene rings is 1. The van der Waals surface area contributed by atoms with Crippen molar-refractivity contribution in [3.05, 3.63) is 29.8 Å². The van der Waals surface area contributed by atoms with Crippen LogP contribution in [0.25, 0.3) is 0 Å². The van der Waals surface area contributed by atoms with E-state index in [1.54, 1.807) is 0 Å². The van der Waals surface area contributed by atoms with Gasteiger partial charge >= 0.3 is 0 Å². The Morgan fingerprint density at radius 1 is 1.18 bits per heavy atom. The SMILES string of the molecule is CC(C)(C)c1ccc(OCCCC(=O)NC2CCCC2)cc1. The number of ether oxygens (including phenoxy) is 1. The van der Waals surface area contributed by atoms with Gasteiger partial charge in [-0.1, -0.05) is 45.7 Å². The first-order valence-electron chi connectivity index (χ1n) is 8.48. The molecule has 0 aromatic heterocycles. The molecule has 0 aliphatic heterocycles. The highest BCUT2D eigenvalue weighted by Crippen LogP contribution is 2.24. The van der Waals surface area contributed by atoms with Crippen LogP contribution in [0.3, 0.4) is 0 Å². The van der Waals surface area contributed by atoms with E-state index in [9.17, 15) is 4.79 Å². The fourth-order valence-corrected chi connectivity index (χ4v) is 2.84. The molecule has 1 fully saturated rings. The molecule has 0 radical (unpaired) electrons. The van der Waals surface area contributed by atoms with Gasteiger partial charge < -0.3 is 10.1 Å². The Balaban J connectivity index is 1.64. The zero-order valence-electron chi connectivity index (χ0n) is 14.2. The van der Waals surface area contributed by atoms with Crippen LogP contribution in [0.4, 0.5) is 0 Å². The molecule has 0 bridgehead atoms. The topological polar surface area (TPSA) is 38.3 Å². The van der Waals surface area contributed by atoms with Crippen LogP contribution in [-0.4, -0.2) is 18.6 Å². The van der Waals surface area contributed by atoms with Crippen molar-refractivity contribution in [2.75, 3.05) is 6.61 Å². The predicted molar refractivity (Wildman–Crippen MR) is 90.3 cm³/mol. The number of amides is 1. The van der Waals surface area contributed by atoms with Gasteiger partial charge in [-0.25, -0.2) is 0 Å². The lowest BCUT2D eigenvalue weighted by Crippen LogP contribution is -2.32. The minimum Gasteiger partial charge on any atom is -0.494 e. The maximum absolute atomic E-state index is 11.8. The predicted octanol–water partition coefficient (Wildman–Crippen LogP) is 4.20. The average molecular weight is 303 g/mol. The summed E-state index contributed by atoms with van der Waals surface area (Å²) >= 11 is 0. The van der Waals surface area contributed by atoms with E-state index in [4.69, 9.17) is 4.74 Å². The second kappa shape index (κ2) is 7.66. The summed E-state index contributed by atoms with van der Waals surface area (Å²) < 4.78 is 5.71. The van der Waals surface area contributed by atoms with Gasteiger partial charge in [-0.05, 0) is 42.4 Å². The van der Waals surface area contributed by atoms with Gasteiger partial charge in [0.05, 0.1) is 6.61 Å². The number of nitrogens with one attached hydrogen (secondary N) is 1. The molecule has 0 unspecified atom stereocenters. The number of hydrogen-bond donors (Lipinski definition) is 1. The summed E-state index contributed by atoms with van der Waals surface area (Å²) in [6.07, 6.45) is 6.10. The van der Waals surface area contributed by atoms with E-state index in [1.165, 1.54) is 18.4 Å². The van der Waals surface area contributed by atoms with Crippen LogP contribution < -0.4 is 10.1 Å². The van der Waals surface area contributed by atoms with E-state index in [1.807, 2.05) is 12.1 Å². The molecular formula is C19H29NO2. The van der Waals surface area contributed by atoms with Crippen molar-refractivity contribution in [3.8, 4) is 5.75 Å². The second-order valence-corrected chi connectivity index (χ2v) is 7.28. The molecule has 1 aromatic carbocycles. The van der Waals surface area contributed by atoms with Crippen LogP contribution in [0.5, 0.6) is 5.75 Å². The summed E-state index contributed by atoms with van der Waals surface area (Å²) in [5, 5.41) is 3.11. The van der Waals surface area contributed by atoms with E-state index in [0.29, 0.717) is 19.1 Å². The Kier molecular flexibility index (Phi) is 5.87. The third kappa shape index (κ3) is 5.36.